The van der Waals surface area contributed by atoms with Crippen molar-refractivity contribution in [3.8, 4) is 0 Å². The molecule has 1 aliphatic rings. The molecule has 0 saturated heterocycles. The molecule has 1 saturated carbocycles. The summed E-state index contributed by atoms with van der Waals surface area (Å²) >= 11 is 0. The highest BCUT2D eigenvalue weighted by molar-refractivity contribution is 5.76. The minimum atomic E-state index is -0.760. The predicted molar refractivity (Wildman–Crippen MR) is 69.6 cm³/mol. The summed E-state index contributed by atoms with van der Waals surface area (Å²) in [7, 11) is 0. The first-order valence-corrected chi connectivity index (χ1v) is 6.66. The lowest BCUT2D eigenvalue weighted by molar-refractivity contribution is -0.122. The molecule has 0 unspecified atom stereocenters. The molecule has 0 heterocycles. The van der Waals surface area contributed by atoms with Crippen LogP contribution in [0.3, 0.4) is 0 Å². The van der Waals surface area contributed by atoms with Crippen LogP contribution in [-0.4, -0.2) is 23.2 Å². The van der Waals surface area contributed by atoms with Gasteiger partial charge in [0.2, 0.25) is 5.91 Å². The molecule has 0 aliphatic heterocycles. The number of aliphatic hydroxyl groups is 1. The minimum Gasteiger partial charge on any atom is -0.388 e. The van der Waals surface area contributed by atoms with Crippen LogP contribution >= 0.6 is 0 Å². The van der Waals surface area contributed by atoms with E-state index < -0.39 is 5.60 Å². The van der Waals surface area contributed by atoms with Gasteiger partial charge in [-0.25, -0.2) is 0 Å². The van der Waals surface area contributed by atoms with Crippen LogP contribution < -0.4 is 5.32 Å². The van der Waals surface area contributed by atoms with E-state index in [1.165, 1.54) is 19.3 Å². The molecule has 1 rings (SSSR count). The Hall–Kier alpha value is -0.830. The van der Waals surface area contributed by atoms with Crippen molar-refractivity contribution < 1.29 is 9.90 Å². The Morgan fingerprint density at radius 1 is 1.47 bits per heavy atom. The van der Waals surface area contributed by atoms with Gasteiger partial charge in [0.1, 0.15) is 0 Å². The van der Waals surface area contributed by atoms with Gasteiger partial charge in [-0.2, -0.15) is 0 Å². The number of hydrogen-bond donors (Lipinski definition) is 2. The second-order valence-corrected chi connectivity index (χ2v) is 5.30. The van der Waals surface area contributed by atoms with Crippen LogP contribution in [0.15, 0.2) is 12.7 Å². The van der Waals surface area contributed by atoms with Crippen molar-refractivity contribution in [3.05, 3.63) is 12.7 Å². The zero-order valence-electron chi connectivity index (χ0n) is 10.9. The third-order valence-electron chi connectivity index (χ3n) is 3.70. The second kappa shape index (κ2) is 6.80. The monoisotopic (exact) mass is 239 g/mol. The van der Waals surface area contributed by atoms with Crippen LogP contribution in [0.25, 0.3) is 0 Å². The SMILES string of the molecule is C=CCCC(=O)NC[C@@](C)(O)C1CCCCC1. The van der Waals surface area contributed by atoms with Gasteiger partial charge in [-0.05, 0) is 32.1 Å². The summed E-state index contributed by atoms with van der Waals surface area (Å²) in [5, 5.41) is 13.2. The van der Waals surface area contributed by atoms with Crippen molar-refractivity contribution in [2.24, 2.45) is 5.92 Å². The fourth-order valence-corrected chi connectivity index (χ4v) is 2.47. The van der Waals surface area contributed by atoms with Crippen LogP contribution in [-0.2, 0) is 4.79 Å². The fraction of sp³-hybridized carbons (Fsp3) is 0.786. The summed E-state index contributed by atoms with van der Waals surface area (Å²) in [5.74, 6) is 0.330. The Kier molecular flexibility index (Phi) is 5.69. The third kappa shape index (κ3) is 4.90. The van der Waals surface area contributed by atoms with Gasteiger partial charge in [-0.3, -0.25) is 4.79 Å². The topological polar surface area (TPSA) is 49.3 Å². The van der Waals surface area contributed by atoms with Crippen LogP contribution in [0.2, 0.25) is 0 Å². The molecular formula is C14H25NO2. The van der Waals surface area contributed by atoms with Crippen molar-refractivity contribution in [1.29, 1.82) is 0 Å². The zero-order chi connectivity index (χ0) is 12.7. The maximum absolute atomic E-state index is 11.5. The van der Waals surface area contributed by atoms with E-state index in [2.05, 4.69) is 11.9 Å². The maximum atomic E-state index is 11.5. The van der Waals surface area contributed by atoms with Gasteiger partial charge in [0, 0.05) is 13.0 Å². The van der Waals surface area contributed by atoms with E-state index in [1.807, 2.05) is 6.92 Å². The normalized spacial score (nSPS) is 20.6. The Balaban J connectivity index is 2.32. The molecule has 0 spiro atoms. The van der Waals surface area contributed by atoms with Crippen molar-refractivity contribution in [2.75, 3.05) is 6.54 Å². The van der Waals surface area contributed by atoms with Crippen molar-refractivity contribution >= 4 is 5.91 Å². The average molecular weight is 239 g/mol. The minimum absolute atomic E-state index is 0.000912. The van der Waals surface area contributed by atoms with E-state index in [0.29, 0.717) is 25.3 Å². The molecule has 3 heteroatoms. The molecule has 0 radical (unpaired) electrons. The molecule has 1 atom stereocenters. The number of rotatable bonds is 6. The third-order valence-corrected chi connectivity index (χ3v) is 3.70. The van der Waals surface area contributed by atoms with E-state index >= 15 is 0 Å². The summed E-state index contributed by atoms with van der Waals surface area (Å²) in [6.07, 6.45) is 8.72. The number of carbonyl (C=O) groups is 1. The van der Waals surface area contributed by atoms with Crippen molar-refractivity contribution in [3.63, 3.8) is 0 Å². The van der Waals surface area contributed by atoms with Gasteiger partial charge in [0.15, 0.2) is 0 Å². The second-order valence-electron chi connectivity index (χ2n) is 5.30. The summed E-state index contributed by atoms with van der Waals surface area (Å²) in [6.45, 7) is 5.80. The van der Waals surface area contributed by atoms with Crippen LogP contribution in [0, 0.1) is 5.92 Å². The highest BCUT2D eigenvalue weighted by atomic mass is 16.3. The Labute approximate surface area is 104 Å². The number of hydrogen-bond acceptors (Lipinski definition) is 2. The van der Waals surface area contributed by atoms with Crippen molar-refractivity contribution in [1.82, 2.24) is 5.32 Å². The lowest BCUT2D eigenvalue weighted by Crippen LogP contribution is -2.46. The quantitative estimate of drug-likeness (QED) is 0.699. The number of amides is 1. The first-order valence-electron chi connectivity index (χ1n) is 6.66. The fourth-order valence-electron chi connectivity index (χ4n) is 2.47. The summed E-state index contributed by atoms with van der Waals surface area (Å²) in [6, 6.07) is 0. The summed E-state index contributed by atoms with van der Waals surface area (Å²) in [4.78, 5) is 11.5. The summed E-state index contributed by atoms with van der Waals surface area (Å²) < 4.78 is 0. The van der Waals surface area contributed by atoms with Gasteiger partial charge in [0.05, 0.1) is 5.60 Å². The molecule has 0 aromatic carbocycles. The van der Waals surface area contributed by atoms with Gasteiger partial charge < -0.3 is 10.4 Å². The standard InChI is InChI=1S/C14H25NO2/c1-3-4-10-13(16)15-11-14(2,17)12-8-6-5-7-9-12/h3,12,17H,1,4-11H2,2H3,(H,15,16)/t14-/m1/s1. The van der Waals surface area contributed by atoms with Crippen LogP contribution in [0.5, 0.6) is 0 Å². The Bertz CT molecular complexity index is 255. The van der Waals surface area contributed by atoms with E-state index in [1.54, 1.807) is 6.08 Å². The Morgan fingerprint density at radius 3 is 2.71 bits per heavy atom. The molecule has 0 aromatic rings. The molecule has 3 nitrogen and oxygen atoms in total. The molecular weight excluding hydrogens is 214 g/mol. The van der Waals surface area contributed by atoms with Gasteiger partial charge in [-0.15, -0.1) is 6.58 Å². The highest BCUT2D eigenvalue weighted by Crippen LogP contribution is 2.32. The van der Waals surface area contributed by atoms with E-state index in [-0.39, 0.29) is 5.91 Å². The summed E-state index contributed by atoms with van der Waals surface area (Å²) in [5.41, 5.74) is -0.760. The largest absolute Gasteiger partial charge is 0.388 e. The van der Waals surface area contributed by atoms with E-state index in [9.17, 15) is 9.90 Å². The first kappa shape index (κ1) is 14.2. The van der Waals surface area contributed by atoms with Crippen molar-refractivity contribution in [2.45, 2.75) is 57.5 Å². The van der Waals surface area contributed by atoms with Gasteiger partial charge >= 0.3 is 0 Å². The molecule has 98 valence electrons. The number of carbonyl (C=O) groups excluding carboxylic acids is 1. The molecule has 17 heavy (non-hydrogen) atoms. The van der Waals surface area contributed by atoms with E-state index in [0.717, 1.165) is 12.8 Å². The first-order chi connectivity index (χ1) is 8.06. The molecule has 2 N–H and O–H groups in total. The molecule has 1 fully saturated rings. The number of allylic oxidation sites excluding steroid dienone is 1. The zero-order valence-corrected chi connectivity index (χ0v) is 10.9. The number of nitrogens with one attached hydrogen (secondary N) is 1. The lowest BCUT2D eigenvalue weighted by atomic mass is 9.78. The molecule has 0 bridgehead atoms. The smallest absolute Gasteiger partial charge is 0.220 e. The predicted octanol–water partition coefficient (Wildman–Crippen LogP) is 2.40. The molecule has 0 aromatic heterocycles. The van der Waals surface area contributed by atoms with Crippen LogP contribution in [0.4, 0.5) is 0 Å². The Morgan fingerprint density at radius 2 is 2.12 bits per heavy atom. The van der Waals surface area contributed by atoms with Crippen LogP contribution in [0.1, 0.15) is 51.9 Å². The maximum Gasteiger partial charge on any atom is 0.220 e. The average Bonchev–Trinajstić information content (AvgIpc) is 2.35. The lowest BCUT2D eigenvalue weighted by Gasteiger charge is -2.35. The molecule has 1 aliphatic carbocycles. The molecule has 1 amide bonds. The van der Waals surface area contributed by atoms with E-state index in [4.69, 9.17) is 0 Å². The highest BCUT2D eigenvalue weighted by Gasteiger charge is 2.32. The van der Waals surface area contributed by atoms with Gasteiger partial charge in [0.25, 0.3) is 0 Å². The van der Waals surface area contributed by atoms with Gasteiger partial charge in [-0.1, -0.05) is 25.3 Å².